The lowest BCUT2D eigenvalue weighted by Crippen LogP contribution is -2.57. The summed E-state index contributed by atoms with van der Waals surface area (Å²) in [4.78, 5) is 46.0. The van der Waals surface area contributed by atoms with E-state index in [-0.39, 0.29) is 10.1 Å². The Labute approximate surface area is 191 Å². The van der Waals surface area contributed by atoms with Crippen LogP contribution in [-0.4, -0.2) is 21.7 Å². The molecular formula is C25H15N3O4S. The van der Waals surface area contributed by atoms with Gasteiger partial charge in [-0.3, -0.25) is 19.7 Å². The number of anilines is 1. The standard InChI is InChI=1S/C25H15N3O4S/c29-22-20-19-13-7-1-3-9-15(13)25(28(31)32,16-10-4-2-8-14(16)19)21(20)23(30)27(22)24-26-17-11-5-6-12-18(17)33-24/h1-12,19-21H/t19?,20-,21-,25?/m0/s1. The molecule has 3 aromatic carbocycles. The van der Waals surface area contributed by atoms with Crippen molar-refractivity contribution in [2.24, 2.45) is 11.8 Å². The van der Waals surface area contributed by atoms with Gasteiger partial charge in [0.1, 0.15) is 5.92 Å². The van der Waals surface area contributed by atoms with Crippen molar-refractivity contribution in [3.63, 3.8) is 0 Å². The predicted octanol–water partition coefficient (Wildman–Crippen LogP) is 4.08. The van der Waals surface area contributed by atoms with E-state index in [1.54, 1.807) is 24.3 Å². The minimum Gasteiger partial charge on any atom is -0.274 e. The Balaban J connectivity index is 1.52. The van der Waals surface area contributed by atoms with Crippen molar-refractivity contribution in [1.29, 1.82) is 0 Å². The number of benzene rings is 3. The number of aromatic nitrogens is 1. The molecule has 8 rings (SSSR count). The number of carbonyl (C=O) groups excluding carboxylic acids is 2. The van der Waals surface area contributed by atoms with E-state index in [0.717, 1.165) is 20.7 Å². The fraction of sp³-hybridized carbons (Fsp3) is 0.160. The van der Waals surface area contributed by atoms with Crippen LogP contribution in [0.5, 0.6) is 0 Å². The molecule has 160 valence electrons. The van der Waals surface area contributed by atoms with Gasteiger partial charge in [0, 0.05) is 22.0 Å². The molecule has 0 saturated carbocycles. The van der Waals surface area contributed by atoms with Gasteiger partial charge in [0.25, 0.3) is 5.54 Å². The van der Waals surface area contributed by atoms with Gasteiger partial charge in [0.2, 0.25) is 11.8 Å². The molecule has 0 radical (unpaired) electrons. The van der Waals surface area contributed by atoms with Crippen LogP contribution in [0.1, 0.15) is 28.2 Å². The minimum atomic E-state index is -1.81. The largest absolute Gasteiger partial charge is 0.285 e. The van der Waals surface area contributed by atoms with Crippen LogP contribution in [0.4, 0.5) is 5.13 Å². The zero-order chi connectivity index (χ0) is 22.5. The fourth-order valence-corrected chi connectivity index (χ4v) is 7.16. The molecule has 0 N–H and O–H groups in total. The lowest BCUT2D eigenvalue weighted by Gasteiger charge is -2.48. The Hall–Kier alpha value is -3.91. The Kier molecular flexibility index (Phi) is 3.45. The lowest BCUT2D eigenvalue weighted by molar-refractivity contribution is -0.578. The van der Waals surface area contributed by atoms with Crippen LogP contribution in [0, 0.1) is 22.0 Å². The number of nitro groups is 1. The summed E-state index contributed by atoms with van der Waals surface area (Å²) in [5.41, 5.74) is 1.39. The number of rotatable bonds is 2. The predicted molar refractivity (Wildman–Crippen MR) is 122 cm³/mol. The maximum Gasteiger partial charge on any atom is 0.285 e. The first-order valence-electron chi connectivity index (χ1n) is 10.6. The summed E-state index contributed by atoms with van der Waals surface area (Å²) in [6, 6.07) is 21.7. The van der Waals surface area contributed by atoms with Crippen molar-refractivity contribution in [3.05, 3.63) is 105 Å². The van der Waals surface area contributed by atoms with E-state index in [2.05, 4.69) is 4.98 Å². The van der Waals surface area contributed by atoms with Crippen molar-refractivity contribution < 1.29 is 14.5 Å². The maximum atomic E-state index is 13.9. The van der Waals surface area contributed by atoms with E-state index in [0.29, 0.717) is 16.6 Å². The molecule has 8 heteroatoms. The monoisotopic (exact) mass is 453 g/mol. The van der Waals surface area contributed by atoms with Gasteiger partial charge in [-0.05, 0) is 23.3 Å². The van der Waals surface area contributed by atoms with Gasteiger partial charge < -0.3 is 0 Å². The molecule has 2 amide bonds. The highest BCUT2D eigenvalue weighted by Crippen LogP contribution is 2.64. The van der Waals surface area contributed by atoms with Gasteiger partial charge in [-0.15, -0.1) is 0 Å². The maximum absolute atomic E-state index is 13.9. The Morgan fingerprint density at radius 2 is 1.48 bits per heavy atom. The summed E-state index contributed by atoms with van der Waals surface area (Å²) in [7, 11) is 0. The van der Waals surface area contributed by atoms with Gasteiger partial charge in [-0.2, -0.15) is 0 Å². The molecule has 2 atom stereocenters. The van der Waals surface area contributed by atoms with Gasteiger partial charge >= 0.3 is 0 Å². The fourth-order valence-electron chi connectivity index (χ4n) is 6.19. The molecule has 1 aliphatic heterocycles. The van der Waals surface area contributed by atoms with E-state index >= 15 is 0 Å². The van der Waals surface area contributed by atoms with Crippen molar-refractivity contribution in [1.82, 2.24) is 4.98 Å². The van der Waals surface area contributed by atoms with Gasteiger partial charge in [0.15, 0.2) is 5.13 Å². The van der Waals surface area contributed by atoms with Crippen molar-refractivity contribution in [2.75, 3.05) is 4.90 Å². The van der Waals surface area contributed by atoms with Crippen molar-refractivity contribution >= 4 is 38.5 Å². The zero-order valence-corrected chi connectivity index (χ0v) is 17.9. The van der Waals surface area contributed by atoms with Gasteiger partial charge in [-0.25, -0.2) is 9.88 Å². The summed E-state index contributed by atoms with van der Waals surface area (Å²) in [5.74, 6) is -3.35. The molecule has 33 heavy (non-hydrogen) atoms. The number of nitrogens with zero attached hydrogens (tertiary/aromatic N) is 3. The SMILES string of the molecule is O=C1[C@@H]2[C@@H](C(=O)N1c1nc3ccccc3s1)C1c3ccccc3C2([N+](=O)[O-])c2ccccc21. The number of imide groups is 1. The van der Waals surface area contributed by atoms with Gasteiger partial charge in [0.05, 0.1) is 16.1 Å². The molecule has 1 saturated heterocycles. The Bertz CT molecular complexity index is 1460. The summed E-state index contributed by atoms with van der Waals surface area (Å²) in [5, 5.41) is 13.2. The first kappa shape index (κ1) is 18.6. The molecule has 2 bridgehead atoms. The summed E-state index contributed by atoms with van der Waals surface area (Å²) in [6.07, 6.45) is 0. The molecule has 2 heterocycles. The van der Waals surface area contributed by atoms with Crippen LogP contribution in [0.2, 0.25) is 0 Å². The highest BCUT2D eigenvalue weighted by atomic mass is 32.1. The molecule has 4 aromatic rings. The quantitative estimate of drug-likeness (QED) is 0.259. The molecular weight excluding hydrogens is 438 g/mol. The minimum absolute atomic E-state index is 0.270. The number of carbonyl (C=O) groups is 2. The zero-order valence-electron chi connectivity index (χ0n) is 17.0. The average Bonchev–Trinajstić information content (AvgIpc) is 3.37. The van der Waals surface area contributed by atoms with Crippen LogP contribution in [0.15, 0.2) is 72.8 Å². The second-order valence-corrected chi connectivity index (χ2v) is 9.66. The summed E-state index contributed by atoms with van der Waals surface area (Å²) < 4.78 is 0.849. The molecule has 3 aliphatic carbocycles. The Morgan fingerprint density at radius 3 is 2.12 bits per heavy atom. The second-order valence-electron chi connectivity index (χ2n) is 8.66. The van der Waals surface area contributed by atoms with Crippen LogP contribution in [0.3, 0.4) is 0 Å². The molecule has 7 nitrogen and oxygen atoms in total. The molecule has 1 fully saturated rings. The average molecular weight is 453 g/mol. The third-order valence-corrected chi connectivity index (χ3v) is 8.36. The van der Waals surface area contributed by atoms with Gasteiger partial charge in [-0.1, -0.05) is 72.0 Å². The lowest BCUT2D eigenvalue weighted by atomic mass is 9.51. The number of amides is 2. The van der Waals surface area contributed by atoms with E-state index in [1.165, 1.54) is 11.3 Å². The molecule has 0 unspecified atom stereocenters. The normalized spacial score (nSPS) is 26.9. The number of para-hydroxylation sites is 1. The number of thiazole rings is 1. The Morgan fingerprint density at radius 1 is 0.879 bits per heavy atom. The van der Waals surface area contributed by atoms with E-state index in [4.69, 9.17) is 0 Å². The highest BCUT2D eigenvalue weighted by molar-refractivity contribution is 7.22. The van der Waals surface area contributed by atoms with Crippen LogP contribution >= 0.6 is 11.3 Å². The third-order valence-electron chi connectivity index (χ3n) is 7.34. The van der Waals surface area contributed by atoms with Crippen molar-refractivity contribution in [2.45, 2.75) is 11.5 Å². The molecule has 4 aliphatic rings. The highest BCUT2D eigenvalue weighted by Gasteiger charge is 2.75. The van der Waals surface area contributed by atoms with Crippen LogP contribution in [-0.2, 0) is 15.1 Å². The van der Waals surface area contributed by atoms with Crippen LogP contribution < -0.4 is 4.90 Å². The molecule has 0 spiro atoms. The number of hydrogen-bond donors (Lipinski definition) is 0. The first-order valence-corrected chi connectivity index (χ1v) is 11.4. The summed E-state index contributed by atoms with van der Waals surface area (Å²) >= 11 is 1.25. The smallest absolute Gasteiger partial charge is 0.274 e. The van der Waals surface area contributed by atoms with E-state index in [9.17, 15) is 19.7 Å². The van der Waals surface area contributed by atoms with Crippen LogP contribution in [0.25, 0.3) is 10.2 Å². The topological polar surface area (TPSA) is 93.4 Å². The van der Waals surface area contributed by atoms with E-state index in [1.807, 2.05) is 48.5 Å². The first-order chi connectivity index (χ1) is 16.0. The third kappa shape index (κ3) is 2.03. The van der Waals surface area contributed by atoms with E-state index < -0.39 is 35.1 Å². The second kappa shape index (κ2) is 6.11. The molecule has 1 aromatic heterocycles. The van der Waals surface area contributed by atoms with Crippen molar-refractivity contribution in [3.8, 4) is 0 Å². The number of fused-ring (bicyclic) bond motifs is 1. The number of hydrogen-bond acceptors (Lipinski definition) is 6. The summed E-state index contributed by atoms with van der Waals surface area (Å²) in [6.45, 7) is 0.